The fourth-order valence-corrected chi connectivity index (χ4v) is 2.35. The van der Waals surface area contributed by atoms with E-state index in [1.54, 1.807) is 4.90 Å². The van der Waals surface area contributed by atoms with E-state index in [0.29, 0.717) is 18.7 Å². The van der Waals surface area contributed by atoms with Gasteiger partial charge in [-0.15, -0.1) is 0 Å². The van der Waals surface area contributed by atoms with Crippen molar-refractivity contribution in [3.8, 4) is 0 Å². The average Bonchev–Trinajstić information content (AvgIpc) is 3.03. The second-order valence-electron chi connectivity index (χ2n) is 4.68. The number of epoxide rings is 1. The Morgan fingerprint density at radius 2 is 2.06 bits per heavy atom. The SMILES string of the molecule is Cc1cc(C)c2c(c1)N(CC1CO1)C(=O)C2=O. The molecule has 3 rings (SSSR count). The quantitative estimate of drug-likeness (QED) is 0.568. The highest BCUT2D eigenvalue weighted by Crippen LogP contribution is 2.33. The molecule has 0 spiro atoms. The molecule has 0 aromatic heterocycles. The molecule has 4 nitrogen and oxygen atoms in total. The van der Waals surface area contributed by atoms with Gasteiger partial charge in [0.15, 0.2) is 0 Å². The van der Waals surface area contributed by atoms with E-state index in [-0.39, 0.29) is 6.10 Å². The van der Waals surface area contributed by atoms with Crippen molar-refractivity contribution in [1.82, 2.24) is 0 Å². The van der Waals surface area contributed by atoms with Gasteiger partial charge in [0.1, 0.15) is 0 Å². The third-order valence-electron chi connectivity index (χ3n) is 3.20. The standard InChI is InChI=1S/C13H13NO3/c1-7-3-8(2)11-10(4-7)14(5-9-6-17-9)13(16)12(11)15/h3-4,9H,5-6H2,1-2H3. The summed E-state index contributed by atoms with van der Waals surface area (Å²) < 4.78 is 5.12. The average molecular weight is 231 g/mol. The van der Waals surface area contributed by atoms with Crippen molar-refractivity contribution in [3.05, 3.63) is 28.8 Å². The van der Waals surface area contributed by atoms with E-state index < -0.39 is 11.7 Å². The van der Waals surface area contributed by atoms with Gasteiger partial charge in [-0.05, 0) is 31.0 Å². The molecule has 1 amide bonds. The number of fused-ring (bicyclic) bond motifs is 1. The fraction of sp³-hybridized carbons (Fsp3) is 0.385. The van der Waals surface area contributed by atoms with E-state index in [2.05, 4.69) is 0 Å². The van der Waals surface area contributed by atoms with Crippen LogP contribution in [-0.2, 0) is 9.53 Å². The summed E-state index contributed by atoms with van der Waals surface area (Å²) in [6.45, 7) is 5.00. The van der Waals surface area contributed by atoms with Crippen LogP contribution in [-0.4, -0.2) is 30.9 Å². The maximum atomic E-state index is 11.9. The van der Waals surface area contributed by atoms with Gasteiger partial charge in [0, 0.05) is 0 Å². The molecule has 2 aliphatic heterocycles. The van der Waals surface area contributed by atoms with Crippen LogP contribution in [0.5, 0.6) is 0 Å². The first-order valence-corrected chi connectivity index (χ1v) is 5.67. The number of aryl methyl sites for hydroxylation is 2. The molecular weight excluding hydrogens is 218 g/mol. The first-order valence-electron chi connectivity index (χ1n) is 5.67. The van der Waals surface area contributed by atoms with E-state index >= 15 is 0 Å². The third kappa shape index (κ3) is 1.56. The van der Waals surface area contributed by atoms with Crippen LogP contribution < -0.4 is 4.90 Å². The number of carbonyl (C=O) groups is 2. The molecule has 0 saturated carbocycles. The number of rotatable bonds is 2. The monoisotopic (exact) mass is 231 g/mol. The lowest BCUT2D eigenvalue weighted by atomic mass is 10.0. The molecular formula is C13H13NO3. The van der Waals surface area contributed by atoms with Crippen molar-refractivity contribution in [2.45, 2.75) is 20.0 Å². The topological polar surface area (TPSA) is 49.9 Å². The van der Waals surface area contributed by atoms with E-state index in [1.165, 1.54) is 0 Å². The zero-order valence-corrected chi connectivity index (χ0v) is 9.82. The maximum Gasteiger partial charge on any atom is 0.299 e. The van der Waals surface area contributed by atoms with Crippen molar-refractivity contribution in [3.63, 3.8) is 0 Å². The number of amides is 1. The van der Waals surface area contributed by atoms with Crippen molar-refractivity contribution in [2.24, 2.45) is 0 Å². The minimum atomic E-state index is -0.427. The third-order valence-corrected chi connectivity index (χ3v) is 3.20. The Morgan fingerprint density at radius 1 is 1.35 bits per heavy atom. The van der Waals surface area contributed by atoms with Gasteiger partial charge in [-0.3, -0.25) is 9.59 Å². The van der Waals surface area contributed by atoms with Crippen LogP contribution in [0.4, 0.5) is 5.69 Å². The highest BCUT2D eigenvalue weighted by atomic mass is 16.6. The zero-order valence-electron chi connectivity index (χ0n) is 9.82. The van der Waals surface area contributed by atoms with Crippen LogP contribution in [0.15, 0.2) is 12.1 Å². The Balaban J connectivity index is 2.09. The molecule has 1 fully saturated rings. The lowest BCUT2D eigenvalue weighted by Crippen LogP contribution is -2.33. The highest BCUT2D eigenvalue weighted by Gasteiger charge is 2.40. The number of ether oxygens (including phenoxy) is 1. The van der Waals surface area contributed by atoms with E-state index in [0.717, 1.165) is 16.8 Å². The Kier molecular flexibility index (Phi) is 2.10. The second-order valence-corrected chi connectivity index (χ2v) is 4.68. The lowest BCUT2D eigenvalue weighted by molar-refractivity contribution is -0.114. The molecule has 1 aromatic rings. The minimum Gasteiger partial charge on any atom is -0.371 e. The van der Waals surface area contributed by atoms with Gasteiger partial charge >= 0.3 is 0 Å². The first-order chi connectivity index (χ1) is 8.08. The van der Waals surface area contributed by atoms with E-state index in [9.17, 15) is 9.59 Å². The molecule has 0 N–H and O–H groups in total. The van der Waals surface area contributed by atoms with Crippen molar-refractivity contribution in [1.29, 1.82) is 0 Å². The molecule has 88 valence electrons. The number of hydrogen-bond acceptors (Lipinski definition) is 3. The van der Waals surface area contributed by atoms with Gasteiger partial charge in [-0.2, -0.15) is 0 Å². The summed E-state index contributed by atoms with van der Waals surface area (Å²) in [5, 5.41) is 0. The second kappa shape index (κ2) is 3.40. The molecule has 2 heterocycles. The fourth-order valence-electron chi connectivity index (χ4n) is 2.35. The van der Waals surface area contributed by atoms with Crippen molar-refractivity contribution in [2.75, 3.05) is 18.1 Å². The van der Waals surface area contributed by atoms with Gasteiger partial charge in [0.05, 0.1) is 30.5 Å². The largest absolute Gasteiger partial charge is 0.371 e. The van der Waals surface area contributed by atoms with Crippen molar-refractivity contribution >= 4 is 17.4 Å². The maximum absolute atomic E-state index is 11.9. The minimum absolute atomic E-state index is 0.0959. The summed E-state index contributed by atoms with van der Waals surface area (Å²) in [4.78, 5) is 25.4. The van der Waals surface area contributed by atoms with E-state index in [1.807, 2.05) is 26.0 Å². The van der Waals surface area contributed by atoms with Crippen LogP contribution in [0.1, 0.15) is 21.5 Å². The predicted molar refractivity (Wildman–Crippen MR) is 62.3 cm³/mol. The Hall–Kier alpha value is -1.68. The summed E-state index contributed by atoms with van der Waals surface area (Å²) >= 11 is 0. The van der Waals surface area contributed by atoms with Crippen LogP contribution in [0.25, 0.3) is 0 Å². The number of nitrogens with zero attached hydrogens (tertiary/aromatic N) is 1. The number of carbonyl (C=O) groups excluding carboxylic acids is 2. The summed E-state index contributed by atoms with van der Waals surface area (Å²) in [6, 6.07) is 3.83. The van der Waals surface area contributed by atoms with Crippen LogP contribution in [0.3, 0.4) is 0 Å². The Bertz CT molecular complexity index is 532. The van der Waals surface area contributed by atoms with Gasteiger partial charge in [0.25, 0.3) is 11.7 Å². The predicted octanol–water partition coefficient (Wildman–Crippen LogP) is 1.23. The molecule has 1 aromatic carbocycles. The lowest BCUT2D eigenvalue weighted by Gasteiger charge is -2.15. The normalized spacial score (nSPS) is 22.0. The van der Waals surface area contributed by atoms with Crippen LogP contribution in [0, 0.1) is 13.8 Å². The molecule has 2 aliphatic rings. The van der Waals surface area contributed by atoms with Gasteiger partial charge in [-0.25, -0.2) is 0 Å². The summed E-state index contributed by atoms with van der Waals surface area (Å²) in [5.74, 6) is -0.817. The number of ketones is 1. The summed E-state index contributed by atoms with van der Waals surface area (Å²) in [6.07, 6.45) is 0.0959. The number of anilines is 1. The molecule has 1 unspecified atom stereocenters. The van der Waals surface area contributed by atoms with Gasteiger partial charge < -0.3 is 9.64 Å². The molecule has 4 heteroatoms. The number of hydrogen-bond donors (Lipinski definition) is 0. The summed E-state index contributed by atoms with van der Waals surface area (Å²) in [7, 11) is 0. The number of benzene rings is 1. The Morgan fingerprint density at radius 3 is 2.71 bits per heavy atom. The van der Waals surface area contributed by atoms with Crippen LogP contribution >= 0.6 is 0 Å². The van der Waals surface area contributed by atoms with Crippen LogP contribution in [0.2, 0.25) is 0 Å². The smallest absolute Gasteiger partial charge is 0.299 e. The number of Topliss-reactive ketones (excluding diaryl/α,β-unsaturated/α-hetero) is 1. The molecule has 1 atom stereocenters. The van der Waals surface area contributed by atoms with Crippen molar-refractivity contribution < 1.29 is 14.3 Å². The molecule has 0 radical (unpaired) electrons. The Labute approximate surface area is 99.2 Å². The zero-order chi connectivity index (χ0) is 12.2. The van der Waals surface area contributed by atoms with Gasteiger partial charge in [0.2, 0.25) is 0 Å². The summed E-state index contributed by atoms with van der Waals surface area (Å²) in [5.41, 5.74) is 3.23. The highest BCUT2D eigenvalue weighted by molar-refractivity contribution is 6.52. The van der Waals surface area contributed by atoms with Gasteiger partial charge in [-0.1, -0.05) is 6.07 Å². The molecule has 17 heavy (non-hydrogen) atoms. The first kappa shape index (κ1) is 10.5. The molecule has 0 bridgehead atoms. The molecule has 0 aliphatic carbocycles. The molecule has 1 saturated heterocycles. The van der Waals surface area contributed by atoms with E-state index in [4.69, 9.17) is 4.74 Å².